The van der Waals surface area contributed by atoms with Crippen molar-refractivity contribution in [3.63, 3.8) is 0 Å². The average Bonchev–Trinajstić information content (AvgIpc) is 3.17. The van der Waals surface area contributed by atoms with Gasteiger partial charge in [0, 0.05) is 12.5 Å². The topological polar surface area (TPSA) is 185 Å². The standard InChI is InChI=1S/C15H22N6O5S/c1-27(3-2-7(16)15(24)25)4-8-10(22)11(23)14(26-8)21-6-20-9-12(17)18-5-19-13(9)21/h5-8,10-11,14,22-23H,2-4,16H2,1H3,(H2-,17,18,19,24,25)/t7-,8+,10-,11?,14+,27?/m0/s1. The van der Waals surface area contributed by atoms with Gasteiger partial charge in [0.1, 0.15) is 41.7 Å². The van der Waals surface area contributed by atoms with Crippen LogP contribution in [0.3, 0.4) is 0 Å². The summed E-state index contributed by atoms with van der Waals surface area (Å²) < 4.78 is 7.39. The molecule has 0 spiro atoms. The van der Waals surface area contributed by atoms with E-state index in [4.69, 9.17) is 16.2 Å². The fraction of sp³-hybridized carbons (Fsp3) is 0.600. The molecule has 6 atom stereocenters. The first-order chi connectivity index (χ1) is 12.8. The van der Waals surface area contributed by atoms with Gasteiger partial charge < -0.3 is 36.3 Å². The molecule has 0 aliphatic carbocycles. The Hall–Kier alpha value is -1.99. The van der Waals surface area contributed by atoms with Crippen molar-refractivity contribution in [2.45, 2.75) is 37.0 Å². The van der Waals surface area contributed by atoms with E-state index >= 15 is 0 Å². The quantitative estimate of drug-likeness (QED) is 0.345. The van der Waals surface area contributed by atoms with E-state index < -0.39 is 36.6 Å². The molecule has 3 rings (SSSR count). The highest BCUT2D eigenvalue weighted by Crippen LogP contribution is 2.32. The van der Waals surface area contributed by atoms with Crippen LogP contribution in [0.4, 0.5) is 5.82 Å². The summed E-state index contributed by atoms with van der Waals surface area (Å²) in [6.45, 7) is 0. The van der Waals surface area contributed by atoms with Crippen LogP contribution in [0.15, 0.2) is 12.7 Å². The van der Waals surface area contributed by atoms with Crippen LogP contribution >= 0.6 is 0 Å². The highest BCUT2D eigenvalue weighted by atomic mass is 32.2. The summed E-state index contributed by atoms with van der Waals surface area (Å²) in [5.41, 5.74) is 12.0. The Morgan fingerprint density at radius 1 is 1.41 bits per heavy atom. The summed E-state index contributed by atoms with van der Waals surface area (Å²) >= 11 is 0. The summed E-state index contributed by atoms with van der Waals surface area (Å²) in [6.07, 6.45) is 1.17. The third kappa shape index (κ3) is 3.99. The number of carboxylic acid groups (broad SMARTS) is 1. The van der Waals surface area contributed by atoms with Crippen LogP contribution in [0.5, 0.6) is 0 Å². The average molecular weight is 398 g/mol. The second-order valence-corrected chi connectivity index (χ2v) is 8.80. The maximum absolute atomic E-state index is 10.7. The molecule has 2 aromatic heterocycles. The van der Waals surface area contributed by atoms with Crippen LogP contribution in [-0.4, -0.2) is 77.8 Å². The number of aliphatic carboxylic acids is 1. The van der Waals surface area contributed by atoms with Crippen LogP contribution in [0.25, 0.3) is 11.2 Å². The summed E-state index contributed by atoms with van der Waals surface area (Å²) in [6, 6.07) is -1.02. The Balaban J connectivity index is 1.68. The number of imidazole rings is 1. The Bertz CT molecular complexity index is 819. The van der Waals surface area contributed by atoms with E-state index in [1.807, 2.05) is 6.26 Å². The maximum Gasteiger partial charge on any atom is 0.167 e. The van der Waals surface area contributed by atoms with Crippen LogP contribution in [0, 0.1) is 0 Å². The van der Waals surface area contributed by atoms with E-state index in [2.05, 4.69) is 15.0 Å². The zero-order valence-corrected chi connectivity index (χ0v) is 15.5. The van der Waals surface area contributed by atoms with Gasteiger partial charge in [-0.2, -0.15) is 0 Å². The van der Waals surface area contributed by atoms with Gasteiger partial charge in [0.25, 0.3) is 0 Å². The smallest absolute Gasteiger partial charge is 0.167 e. The lowest BCUT2D eigenvalue weighted by molar-refractivity contribution is -0.307. The molecule has 148 valence electrons. The number of anilines is 1. The van der Waals surface area contributed by atoms with Gasteiger partial charge in [-0.05, 0) is 10.9 Å². The molecule has 6 N–H and O–H groups in total. The van der Waals surface area contributed by atoms with E-state index in [0.717, 1.165) is 0 Å². The lowest BCUT2D eigenvalue weighted by Gasteiger charge is -2.16. The minimum atomic E-state index is -1.28. The number of aliphatic hydroxyl groups excluding tert-OH is 2. The third-order valence-electron chi connectivity index (χ3n) is 4.53. The number of rotatable bonds is 7. The number of nitrogens with two attached hydrogens (primary N) is 2. The minimum absolute atomic E-state index is 0.211. The molecule has 1 saturated heterocycles. The zero-order valence-electron chi connectivity index (χ0n) is 14.6. The third-order valence-corrected chi connectivity index (χ3v) is 6.36. The van der Waals surface area contributed by atoms with Crippen molar-refractivity contribution in [1.82, 2.24) is 19.5 Å². The highest BCUT2D eigenvalue weighted by Gasteiger charge is 2.46. The van der Waals surface area contributed by atoms with Gasteiger partial charge in [-0.3, -0.25) is 4.57 Å². The Labute approximate surface area is 157 Å². The molecule has 0 radical (unpaired) electrons. The van der Waals surface area contributed by atoms with E-state index in [0.29, 0.717) is 22.7 Å². The highest BCUT2D eigenvalue weighted by molar-refractivity contribution is 7.96. The number of nitrogen functional groups attached to an aromatic ring is 1. The number of aromatic nitrogens is 4. The van der Waals surface area contributed by atoms with Gasteiger partial charge in [-0.15, -0.1) is 0 Å². The van der Waals surface area contributed by atoms with Crippen molar-refractivity contribution in [3.8, 4) is 0 Å². The molecule has 1 aliphatic rings. The number of hydrogen-bond donors (Lipinski definition) is 4. The van der Waals surface area contributed by atoms with Crippen molar-refractivity contribution in [3.05, 3.63) is 12.7 Å². The second-order valence-electron chi connectivity index (χ2n) is 6.50. The number of nitrogens with zero attached hydrogens (tertiary/aromatic N) is 4. The van der Waals surface area contributed by atoms with Gasteiger partial charge in [0.15, 0.2) is 17.7 Å². The normalized spacial score (nSPS) is 27.7. The van der Waals surface area contributed by atoms with Crippen molar-refractivity contribution in [2.75, 3.05) is 23.5 Å². The lowest BCUT2D eigenvalue weighted by Crippen LogP contribution is -2.43. The lowest BCUT2D eigenvalue weighted by atomic mass is 10.1. The first kappa shape index (κ1) is 19.8. The van der Waals surface area contributed by atoms with Crippen LogP contribution < -0.4 is 16.6 Å². The van der Waals surface area contributed by atoms with Gasteiger partial charge in [-0.25, -0.2) is 15.0 Å². The van der Waals surface area contributed by atoms with E-state index in [9.17, 15) is 20.1 Å². The molecule has 0 amide bonds. The molecule has 2 aromatic rings. The van der Waals surface area contributed by atoms with E-state index in [1.165, 1.54) is 17.2 Å². The molecule has 0 saturated carbocycles. The molecule has 3 heterocycles. The first-order valence-electron chi connectivity index (χ1n) is 8.29. The number of hydrogen-bond acceptors (Lipinski definition) is 10. The van der Waals surface area contributed by atoms with Crippen molar-refractivity contribution < 1.29 is 24.9 Å². The first-order valence-corrected chi connectivity index (χ1v) is 10.3. The molecule has 12 heteroatoms. The number of aliphatic hydroxyl groups is 2. The summed E-state index contributed by atoms with van der Waals surface area (Å²) in [7, 11) is -0.263. The molecular weight excluding hydrogens is 376 g/mol. The predicted molar refractivity (Wildman–Crippen MR) is 96.3 cm³/mol. The zero-order chi connectivity index (χ0) is 19.7. The van der Waals surface area contributed by atoms with Crippen molar-refractivity contribution in [1.29, 1.82) is 0 Å². The van der Waals surface area contributed by atoms with Crippen LogP contribution in [0.2, 0.25) is 0 Å². The fourth-order valence-corrected chi connectivity index (χ4v) is 4.62. The molecule has 0 aromatic carbocycles. The number of carbonyl (C=O) groups is 1. The maximum atomic E-state index is 10.7. The molecule has 2 unspecified atom stereocenters. The molecule has 1 fully saturated rings. The number of carboxylic acids is 1. The van der Waals surface area contributed by atoms with Gasteiger partial charge >= 0.3 is 0 Å². The van der Waals surface area contributed by atoms with Crippen molar-refractivity contribution in [2.24, 2.45) is 5.73 Å². The molecular formula is C15H22N6O5S. The van der Waals surface area contributed by atoms with Gasteiger partial charge in [-0.1, -0.05) is 0 Å². The Morgan fingerprint density at radius 3 is 2.85 bits per heavy atom. The Kier molecular flexibility index (Phi) is 5.81. The Morgan fingerprint density at radius 2 is 2.15 bits per heavy atom. The summed E-state index contributed by atoms with van der Waals surface area (Å²) in [4.78, 5) is 22.8. The fourth-order valence-electron chi connectivity index (χ4n) is 2.96. The molecule has 0 bridgehead atoms. The molecule has 27 heavy (non-hydrogen) atoms. The number of carbonyl (C=O) groups excluding carboxylic acids is 1. The van der Waals surface area contributed by atoms with E-state index in [1.54, 1.807) is 0 Å². The SMILES string of the molecule is C[S+](CC[C@H](N)C(=O)[O-])C[C@H]1O[C@@H](n2cnc3c(N)ncnc32)C(O)[C@H]1O. The summed E-state index contributed by atoms with van der Waals surface area (Å²) in [5.74, 6) is -0.0611. The van der Waals surface area contributed by atoms with E-state index in [-0.39, 0.29) is 23.1 Å². The van der Waals surface area contributed by atoms with Gasteiger partial charge in [0.2, 0.25) is 0 Å². The number of fused-ring (bicyclic) bond motifs is 1. The molecule has 1 aliphatic heterocycles. The van der Waals surface area contributed by atoms with Crippen molar-refractivity contribution >= 4 is 33.8 Å². The minimum Gasteiger partial charge on any atom is -0.548 e. The second kappa shape index (κ2) is 7.94. The predicted octanol–water partition coefficient (Wildman–Crippen LogP) is -3.26. The van der Waals surface area contributed by atoms with Crippen LogP contribution in [0.1, 0.15) is 12.6 Å². The monoisotopic (exact) mass is 398 g/mol. The molecule has 11 nitrogen and oxygen atoms in total. The summed E-state index contributed by atoms with van der Waals surface area (Å²) in [5, 5.41) is 31.5. The van der Waals surface area contributed by atoms with Crippen LogP contribution in [-0.2, 0) is 20.4 Å². The largest absolute Gasteiger partial charge is 0.548 e. The van der Waals surface area contributed by atoms with Gasteiger partial charge in [0.05, 0.1) is 18.6 Å². The number of ether oxygens (including phenoxy) is 1.